The second-order valence-corrected chi connectivity index (χ2v) is 3.80. The Kier molecular flexibility index (Phi) is 2.73. The Bertz CT molecular complexity index is 173. The summed E-state index contributed by atoms with van der Waals surface area (Å²) in [5, 5.41) is 3.16. The van der Waals surface area contributed by atoms with E-state index < -0.39 is 0 Å². The third-order valence-electron chi connectivity index (χ3n) is 2.60. The molecule has 1 saturated heterocycles. The van der Waals surface area contributed by atoms with Crippen LogP contribution in [0.4, 0.5) is 0 Å². The molecule has 70 valence electrons. The standard InChI is InChI=1S/C9H17NO2/c1-4-12-8(11)9(2,3)7-5-10-6-7/h7,10H,4-6H2,1-3H3. The summed E-state index contributed by atoms with van der Waals surface area (Å²) in [6.07, 6.45) is 0. The van der Waals surface area contributed by atoms with Gasteiger partial charge in [-0.1, -0.05) is 0 Å². The molecule has 1 aliphatic rings. The van der Waals surface area contributed by atoms with Crippen LogP contribution in [0.15, 0.2) is 0 Å². The van der Waals surface area contributed by atoms with Gasteiger partial charge in [0.25, 0.3) is 0 Å². The van der Waals surface area contributed by atoms with Gasteiger partial charge in [-0.25, -0.2) is 0 Å². The molecule has 0 bridgehead atoms. The molecule has 0 unspecified atom stereocenters. The maximum absolute atomic E-state index is 11.4. The summed E-state index contributed by atoms with van der Waals surface area (Å²) in [7, 11) is 0. The average molecular weight is 171 g/mol. The van der Waals surface area contributed by atoms with E-state index in [9.17, 15) is 4.79 Å². The molecule has 1 heterocycles. The van der Waals surface area contributed by atoms with Crippen molar-refractivity contribution < 1.29 is 9.53 Å². The average Bonchev–Trinajstić information content (AvgIpc) is 1.82. The SMILES string of the molecule is CCOC(=O)C(C)(C)C1CNC1. The van der Waals surface area contributed by atoms with E-state index in [2.05, 4.69) is 5.32 Å². The van der Waals surface area contributed by atoms with Gasteiger partial charge in [-0.2, -0.15) is 0 Å². The Morgan fingerprint density at radius 2 is 2.17 bits per heavy atom. The van der Waals surface area contributed by atoms with E-state index in [4.69, 9.17) is 4.74 Å². The molecule has 0 aromatic heterocycles. The van der Waals surface area contributed by atoms with Gasteiger partial charge in [0.1, 0.15) is 0 Å². The fraction of sp³-hybridized carbons (Fsp3) is 0.889. The number of hydrogen-bond acceptors (Lipinski definition) is 3. The molecule has 0 atom stereocenters. The third-order valence-corrected chi connectivity index (χ3v) is 2.60. The molecule has 3 heteroatoms. The van der Waals surface area contributed by atoms with E-state index >= 15 is 0 Å². The third kappa shape index (κ3) is 1.61. The molecular formula is C9H17NO2. The van der Waals surface area contributed by atoms with E-state index in [0.29, 0.717) is 12.5 Å². The largest absolute Gasteiger partial charge is 0.466 e. The van der Waals surface area contributed by atoms with Crippen molar-refractivity contribution in [1.82, 2.24) is 5.32 Å². The van der Waals surface area contributed by atoms with Crippen molar-refractivity contribution >= 4 is 5.97 Å². The number of ether oxygens (including phenoxy) is 1. The van der Waals surface area contributed by atoms with E-state index in [1.807, 2.05) is 20.8 Å². The predicted molar refractivity (Wildman–Crippen MR) is 46.8 cm³/mol. The van der Waals surface area contributed by atoms with E-state index in [1.54, 1.807) is 0 Å². The van der Waals surface area contributed by atoms with E-state index in [0.717, 1.165) is 13.1 Å². The van der Waals surface area contributed by atoms with Gasteiger partial charge < -0.3 is 10.1 Å². The van der Waals surface area contributed by atoms with Crippen LogP contribution >= 0.6 is 0 Å². The van der Waals surface area contributed by atoms with Crippen molar-refractivity contribution in [2.45, 2.75) is 20.8 Å². The molecule has 0 aromatic carbocycles. The minimum Gasteiger partial charge on any atom is -0.466 e. The molecule has 0 aromatic rings. The highest BCUT2D eigenvalue weighted by atomic mass is 16.5. The minimum atomic E-state index is -0.318. The lowest BCUT2D eigenvalue weighted by molar-refractivity contribution is -0.157. The summed E-state index contributed by atoms with van der Waals surface area (Å²) in [5.41, 5.74) is -0.318. The fourth-order valence-corrected chi connectivity index (χ4v) is 1.28. The van der Waals surface area contributed by atoms with Gasteiger partial charge in [-0.15, -0.1) is 0 Å². The zero-order chi connectivity index (χ0) is 9.19. The fourth-order valence-electron chi connectivity index (χ4n) is 1.28. The first kappa shape index (κ1) is 9.52. The molecule has 0 spiro atoms. The van der Waals surface area contributed by atoms with Crippen LogP contribution in [-0.2, 0) is 9.53 Å². The highest BCUT2D eigenvalue weighted by molar-refractivity contribution is 5.76. The molecule has 3 nitrogen and oxygen atoms in total. The second-order valence-electron chi connectivity index (χ2n) is 3.80. The Balaban J connectivity index is 2.50. The summed E-state index contributed by atoms with van der Waals surface area (Å²) >= 11 is 0. The van der Waals surface area contributed by atoms with E-state index in [-0.39, 0.29) is 11.4 Å². The van der Waals surface area contributed by atoms with E-state index in [1.165, 1.54) is 0 Å². The molecule has 1 N–H and O–H groups in total. The number of carbonyl (C=O) groups is 1. The van der Waals surface area contributed by atoms with Crippen molar-refractivity contribution in [3.05, 3.63) is 0 Å². The van der Waals surface area contributed by atoms with Crippen molar-refractivity contribution in [1.29, 1.82) is 0 Å². The van der Waals surface area contributed by atoms with Crippen LogP contribution in [-0.4, -0.2) is 25.7 Å². The number of nitrogens with one attached hydrogen (secondary N) is 1. The van der Waals surface area contributed by atoms with Gasteiger partial charge in [0.05, 0.1) is 12.0 Å². The van der Waals surface area contributed by atoms with Gasteiger partial charge in [0.15, 0.2) is 0 Å². The van der Waals surface area contributed by atoms with Gasteiger partial charge in [0, 0.05) is 13.1 Å². The Labute approximate surface area is 73.5 Å². The maximum Gasteiger partial charge on any atom is 0.311 e. The molecular weight excluding hydrogens is 154 g/mol. The van der Waals surface area contributed by atoms with Crippen molar-refractivity contribution in [2.24, 2.45) is 11.3 Å². The number of hydrogen-bond donors (Lipinski definition) is 1. The molecule has 1 rings (SSSR count). The van der Waals surface area contributed by atoms with Crippen LogP contribution in [0.5, 0.6) is 0 Å². The lowest BCUT2D eigenvalue weighted by Crippen LogP contribution is -2.53. The van der Waals surface area contributed by atoms with Crippen LogP contribution < -0.4 is 5.32 Å². The predicted octanol–water partition coefficient (Wildman–Crippen LogP) is 0.795. The molecule has 0 saturated carbocycles. The summed E-state index contributed by atoms with van der Waals surface area (Å²) in [6, 6.07) is 0. The van der Waals surface area contributed by atoms with Crippen molar-refractivity contribution in [3.63, 3.8) is 0 Å². The van der Waals surface area contributed by atoms with Crippen LogP contribution in [0.1, 0.15) is 20.8 Å². The first-order valence-electron chi connectivity index (χ1n) is 4.47. The summed E-state index contributed by atoms with van der Waals surface area (Å²) in [5.74, 6) is 0.369. The Hall–Kier alpha value is -0.570. The van der Waals surface area contributed by atoms with Crippen molar-refractivity contribution in [3.8, 4) is 0 Å². The van der Waals surface area contributed by atoms with Crippen LogP contribution in [0.2, 0.25) is 0 Å². The van der Waals surface area contributed by atoms with Gasteiger partial charge in [-0.3, -0.25) is 4.79 Å². The quantitative estimate of drug-likeness (QED) is 0.638. The zero-order valence-corrected chi connectivity index (χ0v) is 8.02. The first-order chi connectivity index (χ1) is 5.59. The van der Waals surface area contributed by atoms with Crippen LogP contribution in [0, 0.1) is 11.3 Å². The van der Waals surface area contributed by atoms with Crippen LogP contribution in [0.3, 0.4) is 0 Å². The summed E-state index contributed by atoms with van der Waals surface area (Å²) < 4.78 is 5.00. The smallest absolute Gasteiger partial charge is 0.311 e. The first-order valence-corrected chi connectivity index (χ1v) is 4.47. The highest BCUT2D eigenvalue weighted by Crippen LogP contribution is 2.30. The number of rotatable bonds is 3. The van der Waals surface area contributed by atoms with Crippen LogP contribution in [0.25, 0.3) is 0 Å². The second kappa shape index (κ2) is 3.44. The lowest BCUT2D eigenvalue weighted by Gasteiger charge is -2.38. The Morgan fingerprint density at radius 3 is 2.50 bits per heavy atom. The number of esters is 1. The molecule has 1 aliphatic heterocycles. The molecule has 0 amide bonds. The lowest BCUT2D eigenvalue weighted by atomic mass is 9.75. The summed E-state index contributed by atoms with van der Waals surface area (Å²) in [4.78, 5) is 11.4. The normalized spacial score (nSPS) is 18.6. The molecule has 0 aliphatic carbocycles. The molecule has 12 heavy (non-hydrogen) atoms. The monoisotopic (exact) mass is 171 g/mol. The highest BCUT2D eigenvalue weighted by Gasteiger charge is 2.40. The van der Waals surface area contributed by atoms with Crippen molar-refractivity contribution in [2.75, 3.05) is 19.7 Å². The maximum atomic E-state index is 11.4. The van der Waals surface area contributed by atoms with Gasteiger partial charge >= 0.3 is 5.97 Å². The Morgan fingerprint density at radius 1 is 1.58 bits per heavy atom. The topological polar surface area (TPSA) is 38.3 Å². The zero-order valence-electron chi connectivity index (χ0n) is 8.02. The summed E-state index contributed by atoms with van der Waals surface area (Å²) in [6.45, 7) is 8.10. The van der Waals surface area contributed by atoms with Gasteiger partial charge in [0.2, 0.25) is 0 Å². The molecule has 1 fully saturated rings. The van der Waals surface area contributed by atoms with Gasteiger partial charge in [-0.05, 0) is 26.7 Å². The number of carbonyl (C=O) groups excluding carboxylic acids is 1. The molecule has 0 radical (unpaired) electrons. The minimum absolute atomic E-state index is 0.0727.